The number of carboxylic acid groups (broad SMARTS) is 1. The second-order valence-electron chi connectivity index (χ2n) is 3.81. The number of Topliss-reactive ketones (excluding diaryl/α,β-unsaturated/α-hetero) is 1. The van der Waals surface area contributed by atoms with Crippen molar-refractivity contribution < 1.29 is 19.8 Å². The van der Waals surface area contributed by atoms with E-state index in [1.54, 1.807) is 18.2 Å². The van der Waals surface area contributed by atoms with Gasteiger partial charge in [0.25, 0.3) is 0 Å². The van der Waals surface area contributed by atoms with Gasteiger partial charge in [-0.15, -0.1) is 0 Å². The van der Waals surface area contributed by atoms with Crippen molar-refractivity contribution in [1.29, 1.82) is 0 Å². The average molecular weight is 222 g/mol. The van der Waals surface area contributed by atoms with Crippen LogP contribution in [0.3, 0.4) is 0 Å². The van der Waals surface area contributed by atoms with Crippen LogP contribution in [-0.4, -0.2) is 22.0 Å². The summed E-state index contributed by atoms with van der Waals surface area (Å²) in [6.45, 7) is 3.31. The van der Waals surface area contributed by atoms with E-state index in [1.807, 2.05) is 6.92 Å². The van der Waals surface area contributed by atoms with Crippen LogP contribution in [-0.2, 0) is 16.0 Å². The number of ketones is 1. The Kier molecular flexibility index (Phi) is 3.79. The Bertz CT molecular complexity index is 423. The van der Waals surface area contributed by atoms with Gasteiger partial charge in [-0.1, -0.05) is 18.2 Å². The lowest BCUT2D eigenvalue weighted by Gasteiger charge is -2.10. The van der Waals surface area contributed by atoms with Crippen molar-refractivity contribution in [3.8, 4) is 0 Å². The first kappa shape index (κ1) is 12.4. The minimum Gasteiger partial charge on any atom is -0.479 e. The highest BCUT2D eigenvalue weighted by Crippen LogP contribution is 2.18. The summed E-state index contributed by atoms with van der Waals surface area (Å²) in [6.07, 6.45) is -1.28. The lowest BCUT2D eigenvalue weighted by atomic mass is 9.98. The molecule has 1 atom stereocenters. The molecule has 0 saturated heterocycles. The van der Waals surface area contributed by atoms with Crippen LogP contribution in [0.4, 0.5) is 0 Å². The Morgan fingerprint density at radius 2 is 2.00 bits per heavy atom. The maximum Gasteiger partial charge on any atom is 0.337 e. The highest BCUT2D eigenvalue weighted by atomic mass is 16.4. The van der Waals surface area contributed by atoms with Crippen LogP contribution >= 0.6 is 0 Å². The zero-order valence-corrected chi connectivity index (χ0v) is 9.23. The number of aliphatic hydroxyl groups is 1. The first-order valence-corrected chi connectivity index (χ1v) is 4.91. The maximum atomic E-state index is 11.0. The van der Waals surface area contributed by atoms with E-state index < -0.39 is 12.1 Å². The summed E-state index contributed by atoms with van der Waals surface area (Å²) in [7, 11) is 0. The molecule has 86 valence electrons. The third-order valence-corrected chi connectivity index (χ3v) is 2.36. The van der Waals surface area contributed by atoms with Crippen molar-refractivity contribution in [2.45, 2.75) is 26.4 Å². The van der Waals surface area contributed by atoms with Crippen molar-refractivity contribution >= 4 is 11.8 Å². The number of carbonyl (C=O) groups is 2. The third-order valence-electron chi connectivity index (χ3n) is 2.36. The minimum atomic E-state index is -1.54. The van der Waals surface area contributed by atoms with E-state index in [9.17, 15) is 14.7 Å². The number of carbonyl (C=O) groups excluding carboxylic acids is 1. The van der Waals surface area contributed by atoms with Gasteiger partial charge in [-0.25, -0.2) is 4.79 Å². The zero-order chi connectivity index (χ0) is 12.3. The molecule has 0 aliphatic heterocycles. The van der Waals surface area contributed by atoms with Crippen LogP contribution in [0.2, 0.25) is 0 Å². The highest BCUT2D eigenvalue weighted by Gasteiger charge is 2.16. The first-order valence-electron chi connectivity index (χ1n) is 4.91. The molecule has 0 aromatic heterocycles. The van der Waals surface area contributed by atoms with Crippen molar-refractivity contribution in [3.63, 3.8) is 0 Å². The van der Waals surface area contributed by atoms with Gasteiger partial charge in [-0.3, -0.25) is 4.79 Å². The fourth-order valence-corrected chi connectivity index (χ4v) is 1.46. The van der Waals surface area contributed by atoms with Gasteiger partial charge in [-0.2, -0.15) is 0 Å². The molecule has 1 rings (SSSR count). The van der Waals surface area contributed by atoms with Crippen molar-refractivity contribution in [2.24, 2.45) is 0 Å². The van der Waals surface area contributed by atoms with Crippen LogP contribution < -0.4 is 0 Å². The van der Waals surface area contributed by atoms with Gasteiger partial charge < -0.3 is 10.2 Å². The molecule has 0 heterocycles. The van der Waals surface area contributed by atoms with E-state index in [0.29, 0.717) is 5.56 Å². The normalized spacial score (nSPS) is 12.2. The zero-order valence-electron chi connectivity index (χ0n) is 9.23. The molecule has 0 radical (unpaired) electrons. The third kappa shape index (κ3) is 2.90. The quantitative estimate of drug-likeness (QED) is 0.803. The topological polar surface area (TPSA) is 74.6 Å². The molecule has 0 spiro atoms. The molecule has 0 bridgehead atoms. The Morgan fingerprint density at radius 1 is 1.38 bits per heavy atom. The first-order chi connectivity index (χ1) is 7.41. The minimum absolute atomic E-state index is 0.00469. The second-order valence-corrected chi connectivity index (χ2v) is 3.81. The van der Waals surface area contributed by atoms with Gasteiger partial charge in [0.2, 0.25) is 0 Å². The van der Waals surface area contributed by atoms with E-state index in [0.717, 1.165) is 11.1 Å². The number of aliphatic hydroxyl groups excluding tert-OH is 1. The van der Waals surface area contributed by atoms with E-state index >= 15 is 0 Å². The molecule has 16 heavy (non-hydrogen) atoms. The highest BCUT2D eigenvalue weighted by molar-refractivity contribution is 5.79. The standard InChI is InChI=1S/C12H14O4/c1-7-3-4-9(11(14)12(15)16)6-10(7)5-8(2)13/h3-4,6,11,14H,5H2,1-2H3,(H,15,16). The fraction of sp³-hybridized carbons (Fsp3) is 0.333. The summed E-state index contributed by atoms with van der Waals surface area (Å²) in [5, 5.41) is 18.0. The molecule has 4 heteroatoms. The molecule has 1 unspecified atom stereocenters. The van der Waals surface area contributed by atoms with E-state index in [2.05, 4.69) is 0 Å². The summed E-state index contributed by atoms with van der Waals surface area (Å²) >= 11 is 0. The van der Waals surface area contributed by atoms with Gasteiger partial charge in [-0.05, 0) is 30.5 Å². The number of carboxylic acids is 1. The number of hydrogen-bond donors (Lipinski definition) is 2. The average Bonchev–Trinajstić information content (AvgIpc) is 2.19. The van der Waals surface area contributed by atoms with Crippen molar-refractivity contribution in [1.82, 2.24) is 0 Å². The summed E-state index contributed by atoms with van der Waals surface area (Å²) in [6, 6.07) is 4.83. The molecule has 0 amide bonds. The molecule has 2 N–H and O–H groups in total. The van der Waals surface area contributed by atoms with Crippen LogP contribution in [0.15, 0.2) is 18.2 Å². The number of aliphatic carboxylic acids is 1. The predicted molar refractivity (Wildman–Crippen MR) is 58.2 cm³/mol. The molecule has 0 aliphatic rings. The predicted octanol–water partition coefficient (Wildman–Crippen LogP) is 1.24. The molecule has 0 aliphatic carbocycles. The Labute approximate surface area is 93.5 Å². The molecule has 1 aromatic rings. The fourth-order valence-electron chi connectivity index (χ4n) is 1.46. The van der Waals surface area contributed by atoms with Gasteiger partial charge in [0.15, 0.2) is 6.10 Å². The molecule has 4 nitrogen and oxygen atoms in total. The molecular formula is C12H14O4. The number of benzene rings is 1. The Morgan fingerprint density at radius 3 is 2.50 bits per heavy atom. The van der Waals surface area contributed by atoms with E-state index in [-0.39, 0.29) is 12.2 Å². The molecular weight excluding hydrogens is 208 g/mol. The van der Waals surface area contributed by atoms with Gasteiger partial charge in [0.05, 0.1) is 0 Å². The van der Waals surface area contributed by atoms with Crippen LogP contribution in [0.25, 0.3) is 0 Å². The summed E-state index contributed by atoms with van der Waals surface area (Å²) in [4.78, 5) is 21.6. The van der Waals surface area contributed by atoms with Crippen LogP contribution in [0.5, 0.6) is 0 Å². The van der Waals surface area contributed by atoms with Crippen LogP contribution in [0, 0.1) is 6.92 Å². The van der Waals surface area contributed by atoms with Crippen LogP contribution in [0.1, 0.15) is 29.7 Å². The smallest absolute Gasteiger partial charge is 0.337 e. The lowest BCUT2D eigenvalue weighted by Crippen LogP contribution is -2.11. The molecule has 0 fully saturated rings. The number of hydrogen-bond acceptors (Lipinski definition) is 3. The van der Waals surface area contributed by atoms with E-state index in [4.69, 9.17) is 5.11 Å². The largest absolute Gasteiger partial charge is 0.479 e. The maximum absolute atomic E-state index is 11.0. The van der Waals surface area contributed by atoms with Gasteiger partial charge >= 0.3 is 5.97 Å². The molecule has 0 saturated carbocycles. The van der Waals surface area contributed by atoms with Crippen molar-refractivity contribution in [3.05, 3.63) is 34.9 Å². The summed E-state index contributed by atoms with van der Waals surface area (Å²) < 4.78 is 0. The SMILES string of the molecule is CC(=O)Cc1cc(C(O)C(=O)O)ccc1C. The summed E-state index contributed by atoms with van der Waals surface area (Å²) in [5.74, 6) is -1.29. The monoisotopic (exact) mass is 222 g/mol. The summed E-state index contributed by atoms with van der Waals surface area (Å²) in [5.41, 5.74) is 1.97. The van der Waals surface area contributed by atoms with Gasteiger partial charge in [0, 0.05) is 6.42 Å². The Hall–Kier alpha value is -1.68. The lowest BCUT2D eigenvalue weighted by molar-refractivity contribution is -0.146. The van der Waals surface area contributed by atoms with Gasteiger partial charge in [0.1, 0.15) is 5.78 Å². The molecule has 1 aromatic carbocycles. The van der Waals surface area contributed by atoms with Crippen molar-refractivity contribution in [2.75, 3.05) is 0 Å². The van der Waals surface area contributed by atoms with E-state index in [1.165, 1.54) is 6.92 Å². The number of aryl methyl sites for hydroxylation is 1. The number of rotatable bonds is 4. The second kappa shape index (κ2) is 4.90. The Balaban J connectivity index is 3.06.